The van der Waals surface area contributed by atoms with E-state index in [1.807, 2.05) is 29.2 Å². The van der Waals surface area contributed by atoms with Gasteiger partial charge >= 0.3 is 5.69 Å². The fourth-order valence-electron chi connectivity index (χ4n) is 4.82. The third-order valence-electron chi connectivity index (χ3n) is 6.55. The summed E-state index contributed by atoms with van der Waals surface area (Å²) in [4.78, 5) is 28.5. The zero-order chi connectivity index (χ0) is 23.9. The summed E-state index contributed by atoms with van der Waals surface area (Å²) >= 11 is 0. The number of sulfonamides is 1. The zero-order valence-electron chi connectivity index (χ0n) is 18.4. The number of rotatable bonds is 5. The van der Waals surface area contributed by atoms with Crippen molar-refractivity contribution in [3.63, 3.8) is 0 Å². The van der Waals surface area contributed by atoms with Gasteiger partial charge in [-0.05, 0) is 37.1 Å². The molecule has 0 saturated carbocycles. The molecule has 0 unspecified atom stereocenters. The molecule has 0 aliphatic carbocycles. The van der Waals surface area contributed by atoms with Crippen molar-refractivity contribution < 1.29 is 18.1 Å². The zero-order valence-corrected chi connectivity index (χ0v) is 19.2. The number of fused-ring (bicyclic) bond motifs is 1. The first-order chi connectivity index (χ1) is 16.4. The molecule has 11 nitrogen and oxygen atoms in total. The molecule has 3 heterocycles. The van der Waals surface area contributed by atoms with E-state index in [1.165, 1.54) is 16.4 Å². The maximum atomic E-state index is 13.0. The minimum Gasteiger partial charge on any atom is -0.379 e. The molecule has 3 aromatic rings. The van der Waals surface area contributed by atoms with Crippen molar-refractivity contribution in [1.82, 2.24) is 13.9 Å². The van der Waals surface area contributed by atoms with Crippen LogP contribution >= 0.6 is 0 Å². The molecule has 1 N–H and O–H groups in total. The van der Waals surface area contributed by atoms with E-state index < -0.39 is 14.9 Å². The molecule has 0 spiro atoms. The molecule has 2 saturated heterocycles. The monoisotopic (exact) mass is 487 g/mol. The van der Waals surface area contributed by atoms with Crippen molar-refractivity contribution in [3.8, 4) is 0 Å². The molecule has 2 aliphatic heterocycles. The highest BCUT2D eigenvalue weighted by molar-refractivity contribution is 7.89. The predicted molar refractivity (Wildman–Crippen MR) is 126 cm³/mol. The molecular weight excluding hydrogens is 462 g/mol. The maximum Gasteiger partial charge on any atom is 0.326 e. The van der Waals surface area contributed by atoms with Gasteiger partial charge in [0.05, 0.1) is 34.1 Å². The lowest BCUT2D eigenvalue weighted by atomic mass is 10.0. The number of morpholine rings is 1. The minimum absolute atomic E-state index is 0.0278. The van der Waals surface area contributed by atoms with Crippen LogP contribution in [0.4, 0.5) is 11.4 Å². The van der Waals surface area contributed by atoms with Crippen molar-refractivity contribution >= 4 is 32.4 Å². The Morgan fingerprint density at radius 1 is 1.03 bits per heavy atom. The van der Waals surface area contributed by atoms with Crippen molar-refractivity contribution in [2.75, 3.05) is 44.3 Å². The third-order valence-corrected chi connectivity index (χ3v) is 8.44. The summed E-state index contributed by atoms with van der Waals surface area (Å²) in [7, 11) is -3.84. The Bertz CT molecular complexity index is 1380. The number of H-pyrrole nitrogens is 1. The molecule has 34 heavy (non-hydrogen) atoms. The van der Waals surface area contributed by atoms with Gasteiger partial charge in [-0.15, -0.1) is 0 Å². The molecule has 0 bridgehead atoms. The SMILES string of the molecule is O=c1[nH]c2ccccc2n1C1CCN(c2ccc(S(=O)(=O)N3CCOCC3)cc2[N+](=O)[O-])CC1. The fraction of sp³-hybridized carbons (Fsp3) is 0.409. The summed E-state index contributed by atoms with van der Waals surface area (Å²) in [5.41, 5.74) is 1.60. The van der Waals surface area contributed by atoms with Crippen LogP contribution < -0.4 is 10.6 Å². The summed E-state index contributed by atoms with van der Waals surface area (Å²) in [5.74, 6) is 0. The molecule has 2 fully saturated rings. The minimum atomic E-state index is -3.84. The van der Waals surface area contributed by atoms with E-state index in [9.17, 15) is 23.3 Å². The van der Waals surface area contributed by atoms with E-state index in [1.54, 1.807) is 4.57 Å². The van der Waals surface area contributed by atoms with Crippen molar-refractivity contribution in [3.05, 3.63) is 63.1 Å². The van der Waals surface area contributed by atoms with Crippen LogP contribution in [0.15, 0.2) is 52.2 Å². The second-order valence-electron chi connectivity index (χ2n) is 8.46. The average molecular weight is 488 g/mol. The van der Waals surface area contributed by atoms with Gasteiger partial charge < -0.3 is 14.6 Å². The highest BCUT2D eigenvalue weighted by atomic mass is 32.2. The van der Waals surface area contributed by atoms with Crippen molar-refractivity contribution in [1.29, 1.82) is 0 Å². The number of hydrogen-bond acceptors (Lipinski definition) is 7. The summed E-state index contributed by atoms with van der Waals surface area (Å²) in [6, 6.07) is 11.6. The number of nitrogens with one attached hydrogen (secondary N) is 1. The molecule has 2 aromatic carbocycles. The summed E-state index contributed by atoms with van der Waals surface area (Å²) in [6.07, 6.45) is 1.26. The standard InChI is InChI=1S/C22H25N5O6S/c28-22-23-18-3-1-2-4-19(18)26(22)16-7-9-24(10-8-16)20-6-5-17(15-21(20)27(29)30)34(31,32)25-11-13-33-14-12-25/h1-6,15-16H,7-14H2,(H,23,28). The Labute approximate surface area is 195 Å². The fourth-order valence-corrected chi connectivity index (χ4v) is 6.24. The van der Waals surface area contributed by atoms with E-state index in [0.717, 1.165) is 17.1 Å². The van der Waals surface area contributed by atoms with Gasteiger partial charge in [0.15, 0.2) is 0 Å². The summed E-state index contributed by atoms with van der Waals surface area (Å²) in [6.45, 7) is 2.05. The van der Waals surface area contributed by atoms with Crippen LogP contribution in [-0.4, -0.2) is 66.6 Å². The second-order valence-corrected chi connectivity index (χ2v) is 10.4. The molecule has 180 valence electrons. The molecule has 12 heteroatoms. The predicted octanol–water partition coefficient (Wildman–Crippen LogP) is 2.10. The Balaban J connectivity index is 1.39. The highest BCUT2D eigenvalue weighted by Gasteiger charge is 2.31. The lowest BCUT2D eigenvalue weighted by Crippen LogP contribution is -2.40. The first kappa shape index (κ1) is 22.6. The van der Waals surface area contributed by atoms with E-state index >= 15 is 0 Å². The first-order valence-corrected chi connectivity index (χ1v) is 12.6. The van der Waals surface area contributed by atoms with E-state index in [-0.39, 0.29) is 35.4 Å². The van der Waals surface area contributed by atoms with Crippen LogP contribution in [0.25, 0.3) is 11.0 Å². The summed E-state index contributed by atoms with van der Waals surface area (Å²) < 4.78 is 34.2. The lowest BCUT2D eigenvalue weighted by molar-refractivity contribution is -0.384. The van der Waals surface area contributed by atoms with Crippen LogP contribution in [0.1, 0.15) is 18.9 Å². The van der Waals surface area contributed by atoms with Crippen LogP contribution in [0.3, 0.4) is 0 Å². The van der Waals surface area contributed by atoms with Crippen LogP contribution in [0, 0.1) is 10.1 Å². The normalized spacial score (nSPS) is 18.4. The molecular formula is C22H25N5O6S. The largest absolute Gasteiger partial charge is 0.379 e. The number of anilines is 1. The smallest absolute Gasteiger partial charge is 0.326 e. The Hall–Kier alpha value is -3.22. The molecule has 0 amide bonds. The molecule has 0 atom stereocenters. The number of nitro benzene ring substituents is 1. The first-order valence-electron chi connectivity index (χ1n) is 11.2. The van der Waals surface area contributed by atoms with E-state index in [2.05, 4.69) is 4.98 Å². The van der Waals surface area contributed by atoms with Gasteiger partial charge in [0.25, 0.3) is 5.69 Å². The number of aromatic amines is 1. The summed E-state index contributed by atoms with van der Waals surface area (Å²) in [5, 5.41) is 11.9. The van der Waals surface area contributed by atoms with Crippen molar-refractivity contribution in [2.24, 2.45) is 0 Å². The topological polar surface area (TPSA) is 131 Å². The van der Waals surface area contributed by atoms with Gasteiger partial charge in [-0.2, -0.15) is 4.31 Å². The van der Waals surface area contributed by atoms with E-state index in [4.69, 9.17) is 4.74 Å². The number of piperidine rings is 1. The number of nitro groups is 1. The highest BCUT2D eigenvalue weighted by Crippen LogP contribution is 2.35. The van der Waals surface area contributed by atoms with Crippen LogP contribution in [0.2, 0.25) is 0 Å². The van der Waals surface area contributed by atoms with Crippen LogP contribution in [-0.2, 0) is 14.8 Å². The maximum absolute atomic E-state index is 13.0. The molecule has 2 aliphatic rings. The average Bonchev–Trinajstić information content (AvgIpc) is 3.20. The quantitative estimate of drug-likeness (QED) is 0.431. The van der Waals surface area contributed by atoms with Crippen LogP contribution in [0.5, 0.6) is 0 Å². The number of para-hydroxylation sites is 2. The number of benzene rings is 2. The number of ether oxygens (including phenoxy) is 1. The van der Waals surface area contributed by atoms with Gasteiger partial charge in [0.2, 0.25) is 10.0 Å². The van der Waals surface area contributed by atoms with Crippen molar-refractivity contribution in [2.45, 2.75) is 23.8 Å². The second kappa shape index (κ2) is 8.85. The van der Waals surface area contributed by atoms with Gasteiger partial charge in [-0.1, -0.05) is 12.1 Å². The van der Waals surface area contributed by atoms with Gasteiger partial charge in [-0.25, -0.2) is 13.2 Å². The Morgan fingerprint density at radius 2 is 1.74 bits per heavy atom. The van der Waals surface area contributed by atoms with Gasteiger partial charge in [-0.3, -0.25) is 14.7 Å². The number of imidazole rings is 1. The number of aromatic nitrogens is 2. The lowest BCUT2D eigenvalue weighted by Gasteiger charge is -2.34. The van der Waals surface area contributed by atoms with E-state index in [0.29, 0.717) is 44.8 Å². The molecule has 0 radical (unpaired) electrons. The third kappa shape index (κ3) is 3.97. The Morgan fingerprint density at radius 3 is 2.44 bits per heavy atom. The molecule has 5 rings (SSSR count). The molecule has 1 aromatic heterocycles. The van der Waals surface area contributed by atoms with Gasteiger partial charge in [0.1, 0.15) is 5.69 Å². The number of nitrogens with zero attached hydrogens (tertiary/aromatic N) is 4. The number of hydrogen-bond donors (Lipinski definition) is 1. The Kier molecular flexibility index (Phi) is 5.88. The van der Waals surface area contributed by atoms with Gasteiger partial charge in [0, 0.05) is 38.3 Å².